The molecule has 1 amide bonds. The van der Waals surface area contributed by atoms with E-state index in [4.69, 9.17) is 0 Å². The van der Waals surface area contributed by atoms with E-state index in [1.165, 1.54) is 44.9 Å². The Bertz CT molecular complexity index is 421. The Kier molecular flexibility index (Phi) is 8.34. The van der Waals surface area contributed by atoms with Crippen molar-refractivity contribution in [2.24, 2.45) is 11.8 Å². The van der Waals surface area contributed by atoms with E-state index in [0.717, 1.165) is 25.7 Å². The summed E-state index contributed by atoms with van der Waals surface area (Å²) in [5.41, 5.74) is 0. The van der Waals surface area contributed by atoms with Gasteiger partial charge < -0.3 is 10.4 Å². The molecule has 0 aromatic heterocycles. The maximum Gasteiger partial charge on any atom is 0.307 e. The molecule has 0 radical (unpaired) electrons. The molecule has 4 nitrogen and oxygen atoms in total. The summed E-state index contributed by atoms with van der Waals surface area (Å²) in [6.07, 6.45) is 18.4. The predicted octanol–water partition coefficient (Wildman–Crippen LogP) is 4.44. The number of hydrogen-bond donors (Lipinski definition) is 2. The number of carbonyl (C=O) groups is 2. The van der Waals surface area contributed by atoms with Crippen molar-refractivity contribution in [1.29, 1.82) is 0 Å². The van der Waals surface area contributed by atoms with E-state index in [9.17, 15) is 14.7 Å². The number of carbonyl (C=O) groups excluding carboxylic acids is 1. The fraction of sp³-hybridized carbons (Fsp3) is 0.800. The Morgan fingerprint density at radius 2 is 1.21 bits per heavy atom. The molecular formula is C20H33NO3. The molecule has 2 unspecified atom stereocenters. The summed E-state index contributed by atoms with van der Waals surface area (Å²) >= 11 is 0. The first kappa shape index (κ1) is 19.0. The van der Waals surface area contributed by atoms with Gasteiger partial charge in [0.15, 0.2) is 0 Å². The second-order valence-electron chi connectivity index (χ2n) is 7.46. The van der Waals surface area contributed by atoms with Gasteiger partial charge in [0.2, 0.25) is 5.91 Å². The molecule has 2 rings (SSSR count). The summed E-state index contributed by atoms with van der Waals surface area (Å²) in [6, 6.07) is 0.220. The average molecular weight is 335 g/mol. The van der Waals surface area contributed by atoms with Crippen LogP contribution in [-0.2, 0) is 9.59 Å². The van der Waals surface area contributed by atoms with Gasteiger partial charge in [-0.15, -0.1) is 0 Å². The molecular weight excluding hydrogens is 302 g/mol. The monoisotopic (exact) mass is 335 g/mol. The van der Waals surface area contributed by atoms with E-state index >= 15 is 0 Å². The van der Waals surface area contributed by atoms with Gasteiger partial charge >= 0.3 is 5.97 Å². The SMILES string of the molecule is O=C(O)C1CC=CCC1C(=O)NC1CCCCCCCCCCC1. The number of hydrogen-bond acceptors (Lipinski definition) is 2. The lowest BCUT2D eigenvalue weighted by Gasteiger charge is -2.27. The Labute approximate surface area is 146 Å². The molecule has 0 aromatic rings. The Morgan fingerprint density at radius 1 is 0.750 bits per heavy atom. The van der Waals surface area contributed by atoms with E-state index in [1.807, 2.05) is 12.2 Å². The highest BCUT2D eigenvalue weighted by molar-refractivity contribution is 5.85. The highest BCUT2D eigenvalue weighted by Crippen LogP contribution is 2.27. The van der Waals surface area contributed by atoms with Gasteiger partial charge in [0.25, 0.3) is 0 Å². The average Bonchev–Trinajstić information content (AvgIpc) is 2.57. The van der Waals surface area contributed by atoms with Gasteiger partial charge in [-0.05, 0) is 25.7 Å². The lowest BCUT2D eigenvalue weighted by molar-refractivity contribution is -0.147. The zero-order valence-corrected chi connectivity index (χ0v) is 14.8. The largest absolute Gasteiger partial charge is 0.481 e. The molecule has 1 fully saturated rings. The van der Waals surface area contributed by atoms with Crippen molar-refractivity contribution in [2.45, 2.75) is 89.5 Å². The molecule has 2 N–H and O–H groups in total. The highest BCUT2D eigenvalue weighted by Gasteiger charge is 2.34. The van der Waals surface area contributed by atoms with Gasteiger partial charge in [-0.3, -0.25) is 9.59 Å². The second-order valence-corrected chi connectivity index (χ2v) is 7.46. The maximum atomic E-state index is 12.6. The van der Waals surface area contributed by atoms with Gasteiger partial charge in [-0.2, -0.15) is 0 Å². The van der Waals surface area contributed by atoms with E-state index in [2.05, 4.69) is 5.32 Å². The van der Waals surface area contributed by atoms with E-state index < -0.39 is 17.8 Å². The molecule has 0 saturated heterocycles. The van der Waals surface area contributed by atoms with E-state index in [0.29, 0.717) is 12.8 Å². The third kappa shape index (κ3) is 6.29. The van der Waals surface area contributed by atoms with Gasteiger partial charge in [-0.1, -0.05) is 69.9 Å². The summed E-state index contributed by atoms with van der Waals surface area (Å²) in [5, 5.41) is 12.5. The second kappa shape index (κ2) is 10.5. The van der Waals surface area contributed by atoms with Crippen LogP contribution in [0.1, 0.15) is 83.5 Å². The molecule has 0 aliphatic heterocycles. The molecule has 0 spiro atoms. The van der Waals surface area contributed by atoms with Gasteiger partial charge in [0, 0.05) is 6.04 Å². The molecule has 2 atom stereocenters. The number of rotatable bonds is 3. The van der Waals surface area contributed by atoms with Crippen LogP contribution in [0.4, 0.5) is 0 Å². The number of aliphatic carboxylic acids is 1. The molecule has 0 bridgehead atoms. The summed E-state index contributed by atoms with van der Waals surface area (Å²) in [6.45, 7) is 0. The number of carboxylic acids is 1. The topological polar surface area (TPSA) is 66.4 Å². The van der Waals surface area contributed by atoms with Crippen molar-refractivity contribution in [3.8, 4) is 0 Å². The van der Waals surface area contributed by atoms with E-state index in [-0.39, 0.29) is 11.9 Å². The van der Waals surface area contributed by atoms with Crippen molar-refractivity contribution in [3.05, 3.63) is 12.2 Å². The molecule has 136 valence electrons. The van der Waals surface area contributed by atoms with Gasteiger partial charge in [0.1, 0.15) is 0 Å². The number of amides is 1. The lowest BCUT2D eigenvalue weighted by Crippen LogP contribution is -2.43. The number of allylic oxidation sites excluding steroid dienone is 2. The lowest BCUT2D eigenvalue weighted by atomic mass is 9.82. The molecule has 4 heteroatoms. The van der Waals surface area contributed by atoms with Crippen LogP contribution < -0.4 is 5.32 Å². The Morgan fingerprint density at radius 3 is 1.71 bits per heavy atom. The van der Waals surface area contributed by atoms with Crippen molar-refractivity contribution in [3.63, 3.8) is 0 Å². The normalized spacial score (nSPS) is 27.7. The summed E-state index contributed by atoms with van der Waals surface area (Å²) in [5.74, 6) is -1.88. The van der Waals surface area contributed by atoms with Crippen LogP contribution in [0.15, 0.2) is 12.2 Å². The quantitative estimate of drug-likeness (QED) is 0.749. The first-order valence-corrected chi connectivity index (χ1v) is 9.86. The third-order valence-electron chi connectivity index (χ3n) is 5.54. The minimum Gasteiger partial charge on any atom is -0.481 e. The molecule has 2 aliphatic carbocycles. The van der Waals surface area contributed by atoms with Gasteiger partial charge in [0.05, 0.1) is 11.8 Å². The predicted molar refractivity (Wildman–Crippen MR) is 95.7 cm³/mol. The van der Waals surface area contributed by atoms with E-state index in [1.54, 1.807) is 0 Å². The first-order chi connectivity index (χ1) is 11.7. The van der Waals surface area contributed by atoms with Crippen LogP contribution in [0.25, 0.3) is 0 Å². The van der Waals surface area contributed by atoms with Crippen molar-refractivity contribution in [1.82, 2.24) is 5.32 Å². The van der Waals surface area contributed by atoms with Crippen LogP contribution in [0.3, 0.4) is 0 Å². The van der Waals surface area contributed by atoms with Crippen LogP contribution >= 0.6 is 0 Å². The first-order valence-electron chi connectivity index (χ1n) is 9.86. The maximum absolute atomic E-state index is 12.6. The standard InChI is InChI=1S/C20H33NO3/c22-19(17-14-10-11-15-18(17)20(23)24)21-16-12-8-6-4-2-1-3-5-7-9-13-16/h10-11,16-18H,1-9,12-15H2,(H,21,22)(H,23,24). The smallest absolute Gasteiger partial charge is 0.307 e. The van der Waals surface area contributed by atoms with Crippen molar-refractivity contribution in [2.75, 3.05) is 0 Å². The van der Waals surface area contributed by atoms with Crippen molar-refractivity contribution >= 4 is 11.9 Å². The Balaban J connectivity index is 1.88. The summed E-state index contributed by atoms with van der Waals surface area (Å²) in [7, 11) is 0. The fourth-order valence-corrected chi connectivity index (χ4v) is 3.99. The zero-order valence-electron chi connectivity index (χ0n) is 14.8. The molecule has 2 aliphatic rings. The van der Waals surface area contributed by atoms with Crippen LogP contribution in [-0.4, -0.2) is 23.0 Å². The zero-order chi connectivity index (χ0) is 17.2. The van der Waals surface area contributed by atoms with Gasteiger partial charge in [-0.25, -0.2) is 0 Å². The molecule has 24 heavy (non-hydrogen) atoms. The molecule has 0 heterocycles. The molecule has 0 aromatic carbocycles. The van der Waals surface area contributed by atoms with Crippen LogP contribution in [0.2, 0.25) is 0 Å². The fourth-order valence-electron chi connectivity index (χ4n) is 3.99. The number of nitrogens with one attached hydrogen (secondary N) is 1. The van der Waals surface area contributed by atoms with Crippen LogP contribution in [0, 0.1) is 11.8 Å². The highest BCUT2D eigenvalue weighted by atomic mass is 16.4. The summed E-state index contributed by atoms with van der Waals surface area (Å²) < 4.78 is 0. The Hall–Kier alpha value is -1.32. The third-order valence-corrected chi connectivity index (χ3v) is 5.54. The summed E-state index contributed by atoms with van der Waals surface area (Å²) in [4.78, 5) is 24.1. The number of carboxylic acid groups (broad SMARTS) is 1. The minimum atomic E-state index is -0.849. The van der Waals surface area contributed by atoms with Crippen LogP contribution in [0.5, 0.6) is 0 Å². The molecule has 1 saturated carbocycles. The van der Waals surface area contributed by atoms with Crippen molar-refractivity contribution < 1.29 is 14.7 Å². The minimum absolute atomic E-state index is 0.0520.